The molecule has 4 nitrogen and oxygen atoms in total. The average molecular weight is 342 g/mol. The van der Waals surface area contributed by atoms with Crippen LogP contribution < -0.4 is 5.32 Å². The number of aryl methyl sites for hydroxylation is 2. The van der Waals surface area contributed by atoms with Gasteiger partial charge in [-0.25, -0.2) is 4.98 Å². The molecule has 126 valence electrons. The van der Waals surface area contributed by atoms with Gasteiger partial charge in [0.2, 0.25) is 5.91 Å². The highest BCUT2D eigenvalue weighted by molar-refractivity contribution is 7.18. The molecule has 24 heavy (non-hydrogen) atoms. The zero-order valence-electron chi connectivity index (χ0n) is 13.8. The summed E-state index contributed by atoms with van der Waals surface area (Å²) in [5.41, 5.74) is 1.05. The Labute approximate surface area is 145 Å². The third-order valence-corrected chi connectivity index (χ3v) is 5.04. The van der Waals surface area contributed by atoms with E-state index in [1.165, 1.54) is 4.70 Å². The Kier molecular flexibility index (Phi) is 5.64. The molecule has 0 saturated carbocycles. The summed E-state index contributed by atoms with van der Waals surface area (Å²) in [7, 11) is 0. The molecule has 0 aliphatic carbocycles. The minimum Gasteiger partial charge on any atom is -0.469 e. The Morgan fingerprint density at radius 2 is 2.12 bits per heavy atom. The number of amides is 1. The average Bonchev–Trinajstić information content (AvgIpc) is 3.22. The first-order valence-electron chi connectivity index (χ1n) is 8.37. The minimum absolute atomic E-state index is 0.114. The second kappa shape index (κ2) is 8.11. The molecule has 0 saturated heterocycles. The van der Waals surface area contributed by atoms with Crippen LogP contribution in [0.2, 0.25) is 0 Å². The SMILES string of the molecule is CC(CCc1ccco1)NC(=O)CCCc1nc2ccccc2s1. The fourth-order valence-electron chi connectivity index (χ4n) is 2.66. The van der Waals surface area contributed by atoms with E-state index >= 15 is 0 Å². The van der Waals surface area contributed by atoms with Gasteiger partial charge in [-0.15, -0.1) is 11.3 Å². The smallest absolute Gasteiger partial charge is 0.220 e. The number of carbonyl (C=O) groups is 1. The topological polar surface area (TPSA) is 55.1 Å². The van der Waals surface area contributed by atoms with Crippen LogP contribution in [0.15, 0.2) is 47.1 Å². The highest BCUT2D eigenvalue weighted by Crippen LogP contribution is 2.22. The van der Waals surface area contributed by atoms with Crippen molar-refractivity contribution < 1.29 is 9.21 Å². The van der Waals surface area contributed by atoms with E-state index < -0.39 is 0 Å². The lowest BCUT2D eigenvalue weighted by molar-refractivity contribution is -0.121. The molecular formula is C19H22N2O2S. The maximum Gasteiger partial charge on any atom is 0.220 e. The van der Waals surface area contributed by atoms with Gasteiger partial charge >= 0.3 is 0 Å². The lowest BCUT2D eigenvalue weighted by Crippen LogP contribution is -2.32. The molecule has 0 fully saturated rings. The number of hydrogen-bond acceptors (Lipinski definition) is 4. The van der Waals surface area contributed by atoms with Crippen LogP contribution in [-0.2, 0) is 17.6 Å². The number of nitrogens with one attached hydrogen (secondary N) is 1. The number of furan rings is 1. The lowest BCUT2D eigenvalue weighted by atomic mass is 10.1. The summed E-state index contributed by atoms with van der Waals surface area (Å²) in [5, 5.41) is 4.16. The van der Waals surface area contributed by atoms with E-state index in [1.807, 2.05) is 37.3 Å². The van der Waals surface area contributed by atoms with Crippen LogP contribution in [0.5, 0.6) is 0 Å². The predicted molar refractivity (Wildman–Crippen MR) is 97.2 cm³/mol. The van der Waals surface area contributed by atoms with Gasteiger partial charge in [-0.3, -0.25) is 4.79 Å². The molecule has 3 rings (SSSR count). The minimum atomic E-state index is 0.114. The van der Waals surface area contributed by atoms with Crippen LogP contribution in [0, 0.1) is 0 Å². The van der Waals surface area contributed by atoms with Crippen LogP contribution in [-0.4, -0.2) is 16.9 Å². The first-order valence-corrected chi connectivity index (χ1v) is 9.18. The third kappa shape index (κ3) is 4.68. The summed E-state index contributed by atoms with van der Waals surface area (Å²) in [5.74, 6) is 1.08. The van der Waals surface area contributed by atoms with E-state index in [2.05, 4.69) is 16.4 Å². The van der Waals surface area contributed by atoms with Crippen molar-refractivity contribution in [3.63, 3.8) is 0 Å². The van der Waals surface area contributed by atoms with Crippen LogP contribution in [0.3, 0.4) is 0 Å². The molecule has 0 aliphatic heterocycles. The Hall–Kier alpha value is -2.14. The Morgan fingerprint density at radius 3 is 2.92 bits per heavy atom. The van der Waals surface area contributed by atoms with E-state index in [0.29, 0.717) is 6.42 Å². The molecule has 0 radical (unpaired) electrons. The van der Waals surface area contributed by atoms with Crippen LogP contribution in [0.25, 0.3) is 10.2 Å². The molecule has 2 aromatic heterocycles. The van der Waals surface area contributed by atoms with Crippen molar-refractivity contribution in [2.24, 2.45) is 0 Å². The number of aromatic nitrogens is 1. The van der Waals surface area contributed by atoms with Crippen molar-refractivity contribution in [1.29, 1.82) is 0 Å². The fraction of sp³-hybridized carbons (Fsp3) is 0.368. The van der Waals surface area contributed by atoms with E-state index in [1.54, 1.807) is 17.6 Å². The van der Waals surface area contributed by atoms with Crippen molar-refractivity contribution in [3.05, 3.63) is 53.4 Å². The molecular weight excluding hydrogens is 320 g/mol. The normalized spacial score (nSPS) is 12.4. The van der Waals surface area contributed by atoms with Gasteiger partial charge in [-0.05, 0) is 50.5 Å². The highest BCUT2D eigenvalue weighted by Gasteiger charge is 2.09. The van der Waals surface area contributed by atoms with Crippen LogP contribution >= 0.6 is 11.3 Å². The molecule has 0 spiro atoms. The highest BCUT2D eigenvalue weighted by atomic mass is 32.1. The first kappa shape index (κ1) is 16.7. The Balaban J connectivity index is 1.37. The van der Waals surface area contributed by atoms with Gasteiger partial charge in [-0.1, -0.05) is 12.1 Å². The van der Waals surface area contributed by atoms with E-state index in [0.717, 1.165) is 42.0 Å². The number of thiazole rings is 1. The van der Waals surface area contributed by atoms with Crippen molar-refractivity contribution in [2.45, 2.75) is 45.1 Å². The second-order valence-electron chi connectivity index (χ2n) is 6.02. The number of hydrogen-bond donors (Lipinski definition) is 1. The quantitative estimate of drug-likeness (QED) is 0.662. The number of nitrogens with zero attached hydrogens (tertiary/aromatic N) is 1. The van der Waals surface area contributed by atoms with Gasteiger partial charge in [-0.2, -0.15) is 0 Å². The molecule has 0 bridgehead atoms. The maximum atomic E-state index is 12.0. The van der Waals surface area contributed by atoms with E-state index in [4.69, 9.17) is 4.42 Å². The zero-order chi connectivity index (χ0) is 16.8. The Morgan fingerprint density at radius 1 is 1.25 bits per heavy atom. The molecule has 5 heteroatoms. The third-order valence-electron chi connectivity index (χ3n) is 3.94. The summed E-state index contributed by atoms with van der Waals surface area (Å²) in [6.07, 6.45) is 5.64. The number of rotatable bonds is 8. The van der Waals surface area contributed by atoms with Gasteiger partial charge in [0.15, 0.2) is 0 Å². The summed E-state index contributed by atoms with van der Waals surface area (Å²) >= 11 is 1.72. The van der Waals surface area contributed by atoms with Crippen molar-refractivity contribution >= 4 is 27.5 Å². The molecule has 1 aromatic carbocycles. The maximum absolute atomic E-state index is 12.0. The van der Waals surface area contributed by atoms with E-state index in [9.17, 15) is 4.79 Å². The van der Waals surface area contributed by atoms with Gasteiger partial charge in [0, 0.05) is 18.9 Å². The summed E-state index contributed by atoms with van der Waals surface area (Å²) in [6.45, 7) is 2.04. The lowest BCUT2D eigenvalue weighted by Gasteiger charge is -2.12. The molecule has 1 N–H and O–H groups in total. The zero-order valence-corrected chi connectivity index (χ0v) is 14.6. The van der Waals surface area contributed by atoms with E-state index in [-0.39, 0.29) is 11.9 Å². The number of carbonyl (C=O) groups excluding carboxylic acids is 1. The number of para-hydroxylation sites is 1. The molecule has 0 aliphatic rings. The summed E-state index contributed by atoms with van der Waals surface area (Å²) in [4.78, 5) is 16.6. The first-order chi connectivity index (χ1) is 11.7. The van der Waals surface area contributed by atoms with Gasteiger partial charge in [0.05, 0.1) is 21.5 Å². The number of fused-ring (bicyclic) bond motifs is 1. The molecule has 1 unspecified atom stereocenters. The van der Waals surface area contributed by atoms with Crippen LogP contribution in [0.1, 0.15) is 37.0 Å². The van der Waals surface area contributed by atoms with Crippen LogP contribution in [0.4, 0.5) is 0 Å². The van der Waals surface area contributed by atoms with Gasteiger partial charge in [0.25, 0.3) is 0 Å². The number of benzene rings is 1. The Bertz CT molecular complexity index is 747. The molecule has 1 amide bonds. The van der Waals surface area contributed by atoms with Crippen molar-refractivity contribution in [2.75, 3.05) is 0 Å². The molecule has 2 heterocycles. The predicted octanol–water partition coefficient (Wildman–Crippen LogP) is 4.35. The largest absolute Gasteiger partial charge is 0.469 e. The monoisotopic (exact) mass is 342 g/mol. The fourth-order valence-corrected chi connectivity index (χ4v) is 3.67. The van der Waals surface area contributed by atoms with Gasteiger partial charge < -0.3 is 9.73 Å². The molecule has 3 aromatic rings. The van der Waals surface area contributed by atoms with Crippen molar-refractivity contribution in [3.8, 4) is 0 Å². The second-order valence-corrected chi connectivity index (χ2v) is 7.13. The standard InChI is InChI=1S/C19H22N2O2S/c1-14(11-12-15-6-5-13-23-15)20-18(22)9-4-10-19-21-16-7-2-3-8-17(16)24-19/h2-3,5-8,13-14H,4,9-12H2,1H3,(H,20,22). The van der Waals surface area contributed by atoms with Gasteiger partial charge in [0.1, 0.15) is 5.76 Å². The molecule has 1 atom stereocenters. The summed E-state index contributed by atoms with van der Waals surface area (Å²) < 4.78 is 6.52. The summed E-state index contributed by atoms with van der Waals surface area (Å²) in [6, 6.07) is 12.2. The van der Waals surface area contributed by atoms with Crippen molar-refractivity contribution in [1.82, 2.24) is 10.3 Å².